The number of carboxylic acid groups (broad SMARTS) is 1. The van der Waals surface area contributed by atoms with Crippen LogP contribution in [0, 0.1) is 17.1 Å². The monoisotopic (exact) mass is 520 g/mol. The molecule has 4 N–H and O–H groups in total. The molecule has 0 radical (unpaired) electrons. The van der Waals surface area contributed by atoms with Gasteiger partial charge in [0.05, 0.1) is 36.0 Å². The average Bonchev–Trinajstić information content (AvgIpc) is 3.66. The number of imidazole rings is 1. The van der Waals surface area contributed by atoms with E-state index in [2.05, 4.69) is 16.4 Å². The molecule has 0 bridgehead atoms. The van der Waals surface area contributed by atoms with E-state index in [0.717, 1.165) is 24.1 Å². The number of carbonyl (C=O) groups excluding carboxylic acids is 1. The van der Waals surface area contributed by atoms with Crippen LogP contribution in [0.4, 0.5) is 4.39 Å². The van der Waals surface area contributed by atoms with Crippen molar-refractivity contribution >= 4 is 11.9 Å². The number of aliphatic hydroxyl groups excluding tert-OH is 2. The first-order valence-electron chi connectivity index (χ1n) is 12.5. The Kier molecular flexibility index (Phi) is 8.51. The summed E-state index contributed by atoms with van der Waals surface area (Å²) in [6, 6.07) is 14.8. The highest BCUT2D eigenvalue weighted by Crippen LogP contribution is 2.43. The van der Waals surface area contributed by atoms with Crippen LogP contribution >= 0.6 is 0 Å². The normalized spacial score (nSPS) is 14.5. The second-order valence-corrected chi connectivity index (χ2v) is 9.53. The Balaban J connectivity index is 1.60. The van der Waals surface area contributed by atoms with E-state index in [9.17, 15) is 24.2 Å². The number of nitrogens with one attached hydrogen (secondary N) is 1. The summed E-state index contributed by atoms with van der Waals surface area (Å²) in [4.78, 5) is 28.8. The minimum absolute atomic E-state index is 0.0965. The van der Waals surface area contributed by atoms with Gasteiger partial charge in [0.2, 0.25) is 0 Å². The number of aromatic nitrogens is 2. The van der Waals surface area contributed by atoms with E-state index in [4.69, 9.17) is 10.4 Å². The molecular formula is C28H29FN4O5. The molecule has 0 saturated heterocycles. The van der Waals surface area contributed by atoms with Gasteiger partial charge < -0.3 is 25.2 Å². The van der Waals surface area contributed by atoms with Crippen LogP contribution in [0.15, 0.2) is 48.5 Å². The summed E-state index contributed by atoms with van der Waals surface area (Å²) in [6.07, 6.45) is -0.755. The second kappa shape index (κ2) is 12.0. The number of aliphatic carboxylic acids is 1. The quantitative estimate of drug-likeness (QED) is 0.286. The van der Waals surface area contributed by atoms with E-state index < -0.39 is 30.4 Å². The summed E-state index contributed by atoms with van der Waals surface area (Å²) in [5.41, 5.74) is 2.85. The van der Waals surface area contributed by atoms with Gasteiger partial charge in [-0.15, -0.1) is 0 Å². The predicted molar refractivity (Wildman–Crippen MR) is 135 cm³/mol. The highest BCUT2D eigenvalue weighted by atomic mass is 19.1. The van der Waals surface area contributed by atoms with Gasteiger partial charge in [-0.3, -0.25) is 9.59 Å². The van der Waals surface area contributed by atoms with Gasteiger partial charge in [-0.2, -0.15) is 5.26 Å². The average molecular weight is 521 g/mol. The molecule has 9 nitrogen and oxygen atoms in total. The Bertz CT molecular complexity index is 1340. The molecule has 0 spiro atoms. The minimum atomic E-state index is -1.18. The van der Waals surface area contributed by atoms with Crippen LogP contribution < -0.4 is 5.32 Å². The topological polar surface area (TPSA) is 148 Å². The lowest BCUT2D eigenvalue weighted by Gasteiger charge is -2.17. The van der Waals surface area contributed by atoms with Gasteiger partial charge in [-0.1, -0.05) is 12.1 Å². The zero-order valence-electron chi connectivity index (χ0n) is 20.7. The van der Waals surface area contributed by atoms with E-state index in [-0.39, 0.29) is 43.5 Å². The molecule has 10 heteroatoms. The van der Waals surface area contributed by atoms with Gasteiger partial charge >= 0.3 is 5.97 Å². The number of aliphatic hydroxyl groups is 2. The van der Waals surface area contributed by atoms with E-state index in [1.807, 2.05) is 10.6 Å². The van der Waals surface area contributed by atoms with Crippen LogP contribution in [0.5, 0.6) is 0 Å². The smallest absolute Gasteiger partial charge is 0.305 e. The van der Waals surface area contributed by atoms with Crippen LogP contribution in [0.1, 0.15) is 65.3 Å². The molecule has 198 valence electrons. The maximum absolute atomic E-state index is 13.6. The van der Waals surface area contributed by atoms with Gasteiger partial charge in [0.15, 0.2) is 0 Å². The van der Waals surface area contributed by atoms with Gasteiger partial charge in [0.25, 0.3) is 5.91 Å². The number of halogens is 1. The Morgan fingerprint density at radius 1 is 1.16 bits per heavy atom. The maximum Gasteiger partial charge on any atom is 0.305 e. The molecule has 1 aromatic heterocycles. The Morgan fingerprint density at radius 2 is 1.89 bits per heavy atom. The van der Waals surface area contributed by atoms with Crippen molar-refractivity contribution in [3.05, 3.63) is 76.9 Å². The fourth-order valence-electron chi connectivity index (χ4n) is 4.46. The second-order valence-electron chi connectivity index (χ2n) is 9.53. The van der Waals surface area contributed by atoms with E-state index in [0.29, 0.717) is 17.0 Å². The summed E-state index contributed by atoms with van der Waals surface area (Å²) >= 11 is 0. The van der Waals surface area contributed by atoms with Crippen molar-refractivity contribution in [3.8, 4) is 17.5 Å². The van der Waals surface area contributed by atoms with Crippen LogP contribution in [-0.2, 0) is 17.9 Å². The number of carboxylic acids is 1. The van der Waals surface area contributed by atoms with Gasteiger partial charge in [-0.25, -0.2) is 9.37 Å². The van der Waals surface area contributed by atoms with Crippen molar-refractivity contribution in [1.29, 1.82) is 5.26 Å². The summed E-state index contributed by atoms with van der Waals surface area (Å²) < 4.78 is 15.5. The van der Waals surface area contributed by atoms with Gasteiger partial charge in [-0.05, 0) is 67.6 Å². The third-order valence-electron chi connectivity index (χ3n) is 6.44. The Hall–Kier alpha value is -4.07. The SMILES string of the molecule is N#Cc1cccc(CNC(=O)c2nc(-c3ccc(F)cc3)n(CC[C@@H](O)C[C@@H](O)CC(=O)O)c2C2CC2)c1. The summed E-state index contributed by atoms with van der Waals surface area (Å²) in [5.74, 6) is -1.37. The van der Waals surface area contributed by atoms with Gasteiger partial charge in [0.1, 0.15) is 17.3 Å². The first kappa shape index (κ1) is 27.0. The molecule has 0 unspecified atom stereocenters. The summed E-state index contributed by atoms with van der Waals surface area (Å²) in [5, 5.41) is 41.2. The molecule has 1 heterocycles. The molecule has 3 aromatic rings. The maximum atomic E-state index is 13.6. The number of nitriles is 1. The lowest BCUT2D eigenvalue weighted by Crippen LogP contribution is -2.25. The molecule has 2 atom stereocenters. The molecular weight excluding hydrogens is 491 g/mol. The highest BCUT2D eigenvalue weighted by Gasteiger charge is 2.35. The Morgan fingerprint density at radius 3 is 2.55 bits per heavy atom. The van der Waals surface area contributed by atoms with E-state index >= 15 is 0 Å². The molecule has 1 fully saturated rings. The number of amides is 1. The van der Waals surface area contributed by atoms with Crippen molar-refractivity contribution in [2.24, 2.45) is 0 Å². The number of carbonyl (C=O) groups is 2. The van der Waals surface area contributed by atoms with Crippen LogP contribution in [0.2, 0.25) is 0 Å². The zero-order chi connectivity index (χ0) is 27.2. The number of rotatable bonds is 12. The number of hydrogen-bond acceptors (Lipinski definition) is 6. The molecule has 1 amide bonds. The Labute approximate surface area is 219 Å². The highest BCUT2D eigenvalue weighted by molar-refractivity contribution is 5.94. The minimum Gasteiger partial charge on any atom is -0.481 e. The summed E-state index contributed by atoms with van der Waals surface area (Å²) in [6.45, 7) is 0.474. The molecule has 0 aliphatic heterocycles. The lowest BCUT2D eigenvalue weighted by atomic mass is 10.1. The predicted octanol–water partition coefficient (Wildman–Crippen LogP) is 3.34. The number of benzene rings is 2. The van der Waals surface area contributed by atoms with Crippen LogP contribution in [0.3, 0.4) is 0 Å². The van der Waals surface area contributed by atoms with E-state index in [1.54, 1.807) is 30.3 Å². The van der Waals surface area contributed by atoms with Crippen molar-refractivity contribution in [3.63, 3.8) is 0 Å². The first-order valence-corrected chi connectivity index (χ1v) is 12.5. The van der Waals surface area contributed by atoms with E-state index in [1.165, 1.54) is 12.1 Å². The number of hydrogen-bond donors (Lipinski definition) is 4. The third-order valence-corrected chi connectivity index (χ3v) is 6.44. The van der Waals surface area contributed by atoms with Crippen molar-refractivity contribution < 1.29 is 29.3 Å². The molecule has 1 aliphatic carbocycles. The van der Waals surface area contributed by atoms with Crippen molar-refractivity contribution in [1.82, 2.24) is 14.9 Å². The number of nitrogens with zero attached hydrogens (tertiary/aromatic N) is 3. The molecule has 38 heavy (non-hydrogen) atoms. The lowest BCUT2D eigenvalue weighted by molar-refractivity contribution is -0.139. The fourth-order valence-corrected chi connectivity index (χ4v) is 4.46. The van der Waals surface area contributed by atoms with Gasteiger partial charge in [0, 0.05) is 24.6 Å². The fraction of sp³-hybridized carbons (Fsp3) is 0.357. The molecule has 4 rings (SSSR count). The zero-order valence-corrected chi connectivity index (χ0v) is 20.7. The van der Waals surface area contributed by atoms with Crippen molar-refractivity contribution in [2.75, 3.05) is 0 Å². The first-order chi connectivity index (χ1) is 18.2. The third kappa shape index (κ3) is 6.82. The van der Waals surface area contributed by atoms with Crippen LogP contribution in [0.25, 0.3) is 11.4 Å². The van der Waals surface area contributed by atoms with Crippen molar-refractivity contribution in [2.45, 2.75) is 63.3 Å². The molecule has 2 aromatic carbocycles. The van der Waals surface area contributed by atoms with Crippen LogP contribution in [-0.4, -0.2) is 49.0 Å². The summed E-state index contributed by atoms with van der Waals surface area (Å²) in [7, 11) is 0. The largest absolute Gasteiger partial charge is 0.481 e. The standard InChI is InChI=1S/C28H29FN4O5/c29-21-8-6-20(7-9-21)27-32-25(28(38)31-16-18-3-1-2-17(12-18)15-30)26(19-4-5-19)33(27)11-10-22(34)13-23(35)14-24(36)37/h1-3,6-9,12,19,22-23,34-35H,4-5,10-11,13-14,16H2,(H,31,38)(H,36,37)/t22-,23-/m1/s1. The molecule has 1 aliphatic rings. The molecule has 1 saturated carbocycles.